The Hall–Kier alpha value is -2.72. The number of halogens is 2. The van der Waals surface area contributed by atoms with E-state index < -0.39 is 0 Å². The maximum absolute atomic E-state index is 13.0. The molecule has 3 aromatic carbocycles. The number of benzene rings is 3. The molecule has 0 bridgehead atoms. The van der Waals surface area contributed by atoms with Crippen LogP contribution < -0.4 is 14.8 Å². The fraction of sp³-hybridized carbons (Fsp3) is 0.217. The van der Waals surface area contributed by atoms with Crippen LogP contribution in [0.3, 0.4) is 0 Å². The second kappa shape index (κ2) is 9.47. The Morgan fingerprint density at radius 3 is 2.36 bits per heavy atom. The normalized spacial score (nSPS) is 10.6. The van der Waals surface area contributed by atoms with Crippen LogP contribution in [-0.2, 0) is 13.2 Å². The summed E-state index contributed by atoms with van der Waals surface area (Å²) in [4.78, 5) is 0. The summed E-state index contributed by atoms with van der Waals surface area (Å²) in [5, 5.41) is 3.82. The van der Waals surface area contributed by atoms with E-state index in [1.54, 1.807) is 18.2 Å². The quantitative estimate of drug-likeness (QED) is 0.477. The lowest BCUT2D eigenvalue weighted by Gasteiger charge is -2.16. The average Bonchev–Trinajstić information content (AvgIpc) is 2.69. The highest BCUT2D eigenvalue weighted by Gasteiger charge is 2.12. The minimum atomic E-state index is -0.266. The van der Waals surface area contributed by atoms with Crippen molar-refractivity contribution in [2.45, 2.75) is 27.0 Å². The van der Waals surface area contributed by atoms with Crippen molar-refractivity contribution >= 4 is 17.3 Å². The van der Waals surface area contributed by atoms with Gasteiger partial charge in [0, 0.05) is 23.3 Å². The predicted molar refractivity (Wildman–Crippen MR) is 112 cm³/mol. The highest BCUT2D eigenvalue weighted by atomic mass is 35.5. The molecule has 0 spiro atoms. The van der Waals surface area contributed by atoms with Crippen molar-refractivity contribution in [3.05, 3.63) is 88.2 Å². The van der Waals surface area contributed by atoms with E-state index in [0.29, 0.717) is 36.3 Å². The standard InChI is InChI=1S/C23H23ClFNO2/c1-3-27-22-12-18(14-26-20-10-8-19(25)9-11-20)21(24)13-23(22)28-15-17-7-5-4-6-16(17)2/h4-13,26H,3,14-15H2,1-2H3. The van der Waals surface area contributed by atoms with E-state index in [1.165, 1.54) is 17.7 Å². The first-order valence-corrected chi connectivity index (χ1v) is 9.56. The van der Waals surface area contributed by atoms with E-state index in [1.807, 2.05) is 31.2 Å². The molecule has 0 saturated carbocycles. The molecule has 3 rings (SSSR count). The third-order valence-electron chi connectivity index (χ3n) is 4.38. The summed E-state index contributed by atoms with van der Waals surface area (Å²) in [5.41, 5.74) is 3.97. The van der Waals surface area contributed by atoms with Gasteiger partial charge in [-0.2, -0.15) is 0 Å². The van der Waals surface area contributed by atoms with Gasteiger partial charge in [-0.15, -0.1) is 0 Å². The van der Waals surface area contributed by atoms with Gasteiger partial charge in [-0.1, -0.05) is 35.9 Å². The fourth-order valence-electron chi connectivity index (χ4n) is 2.79. The molecule has 5 heteroatoms. The van der Waals surface area contributed by atoms with E-state index in [4.69, 9.17) is 21.1 Å². The van der Waals surface area contributed by atoms with Crippen molar-refractivity contribution in [3.63, 3.8) is 0 Å². The Kier molecular flexibility index (Phi) is 6.77. The molecule has 28 heavy (non-hydrogen) atoms. The highest BCUT2D eigenvalue weighted by molar-refractivity contribution is 6.31. The van der Waals surface area contributed by atoms with Crippen LogP contribution in [0.2, 0.25) is 5.02 Å². The number of anilines is 1. The molecular formula is C23H23ClFNO2. The van der Waals surface area contributed by atoms with Crippen molar-refractivity contribution in [1.29, 1.82) is 0 Å². The van der Waals surface area contributed by atoms with Gasteiger partial charge in [-0.05, 0) is 60.9 Å². The summed E-state index contributed by atoms with van der Waals surface area (Å²) < 4.78 is 24.8. The molecule has 0 radical (unpaired) electrons. The SMILES string of the molecule is CCOc1cc(CNc2ccc(F)cc2)c(Cl)cc1OCc1ccccc1C. The van der Waals surface area contributed by atoms with Crippen molar-refractivity contribution in [2.75, 3.05) is 11.9 Å². The summed E-state index contributed by atoms with van der Waals surface area (Å²) in [6.45, 7) is 5.43. The first kappa shape index (κ1) is 20.0. The summed E-state index contributed by atoms with van der Waals surface area (Å²) in [5.74, 6) is 0.995. The molecule has 146 valence electrons. The summed E-state index contributed by atoms with van der Waals surface area (Å²) in [7, 11) is 0. The molecule has 0 aliphatic heterocycles. The first-order chi connectivity index (χ1) is 13.6. The van der Waals surface area contributed by atoms with Crippen LogP contribution in [0.15, 0.2) is 60.7 Å². The van der Waals surface area contributed by atoms with Gasteiger partial charge < -0.3 is 14.8 Å². The third kappa shape index (κ3) is 5.17. The fourth-order valence-corrected chi connectivity index (χ4v) is 3.01. The predicted octanol–water partition coefficient (Wildman–Crippen LogP) is 6.38. The van der Waals surface area contributed by atoms with E-state index >= 15 is 0 Å². The van der Waals surface area contributed by atoms with Crippen molar-refractivity contribution in [3.8, 4) is 11.5 Å². The smallest absolute Gasteiger partial charge is 0.163 e. The molecule has 0 aliphatic carbocycles. The Morgan fingerprint density at radius 1 is 0.929 bits per heavy atom. The van der Waals surface area contributed by atoms with Gasteiger partial charge in [0.2, 0.25) is 0 Å². The molecule has 0 amide bonds. The van der Waals surface area contributed by atoms with E-state index in [9.17, 15) is 4.39 Å². The molecule has 0 saturated heterocycles. The average molecular weight is 400 g/mol. The second-order valence-corrected chi connectivity index (χ2v) is 6.81. The maximum Gasteiger partial charge on any atom is 0.163 e. The summed E-state index contributed by atoms with van der Waals surface area (Å²) in [6, 6.07) is 18.0. The zero-order valence-electron chi connectivity index (χ0n) is 16.0. The van der Waals surface area contributed by atoms with Gasteiger partial charge in [-0.3, -0.25) is 0 Å². The first-order valence-electron chi connectivity index (χ1n) is 9.18. The van der Waals surface area contributed by atoms with Crippen LogP contribution in [0.5, 0.6) is 11.5 Å². The van der Waals surface area contributed by atoms with Gasteiger partial charge in [0.1, 0.15) is 12.4 Å². The molecule has 0 atom stereocenters. The van der Waals surface area contributed by atoms with Gasteiger partial charge in [0.15, 0.2) is 11.5 Å². The Balaban J connectivity index is 1.75. The number of nitrogens with one attached hydrogen (secondary N) is 1. The molecule has 1 N–H and O–H groups in total. The van der Waals surface area contributed by atoms with Crippen LogP contribution in [0, 0.1) is 12.7 Å². The van der Waals surface area contributed by atoms with Crippen molar-refractivity contribution in [2.24, 2.45) is 0 Å². The molecule has 0 aromatic heterocycles. The van der Waals surface area contributed by atoms with Crippen molar-refractivity contribution < 1.29 is 13.9 Å². The monoisotopic (exact) mass is 399 g/mol. The van der Waals surface area contributed by atoms with Gasteiger partial charge in [0.05, 0.1) is 6.61 Å². The number of ether oxygens (including phenoxy) is 2. The molecule has 3 nitrogen and oxygen atoms in total. The van der Waals surface area contributed by atoms with Gasteiger partial charge in [-0.25, -0.2) is 4.39 Å². The van der Waals surface area contributed by atoms with Crippen LogP contribution in [0.25, 0.3) is 0 Å². The second-order valence-electron chi connectivity index (χ2n) is 6.40. The van der Waals surface area contributed by atoms with Gasteiger partial charge >= 0.3 is 0 Å². The molecule has 0 unspecified atom stereocenters. The minimum absolute atomic E-state index is 0.266. The third-order valence-corrected chi connectivity index (χ3v) is 4.74. The summed E-state index contributed by atoms with van der Waals surface area (Å²) in [6.07, 6.45) is 0. The molecule has 0 fully saturated rings. The van der Waals surface area contributed by atoms with Crippen LogP contribution >= 0.6 is 11.6 Å². The topological polar surface area (TPSA) is 30.5 Å². The highest BCUT2D eigenvalue weighted by Crippen LogP contribution is 2.34. The minimum Gasteiger partial charge on any atom is -0.490 e. The van der Waals surface area contributed by atoms with Crippen molar-refractivity contribution in [1.82, 2.24) is 0 Å². The van der Waals surface area contributed by atoms with E-state index in [-0.39, 0.29) is 5.82 Å². The Bertz CT molecular complexity index is 928. The van der Waals surface area contributed by atoms with Gasteiger partial charge in [0.25, 0.3) is 0 Å². The largest absolute Gasteiger partial charge is 0.490 e. The number of hydrogen-bond donors (Lipinski definition) is 1. The summed E-state index contributed by atoms with van der Waals surface area (Å²) >= 11 is 6.47. The van der Waals surface area contributed by atoms with E-state index in [0.717, 1.165) is 16.8 Å². The lowest BCUT2D eigenvalue weighted by molar-refractivity contribution is 0.268. The number of rotatable bonds is 8. The molecule has 0 heterocycles. The zero-order valence-corrected chi connectivity index (χ0v) is 16.7. The molecular weight excluding hydrogens is 377 g/mol. The molecule has 0 aliphatic rings. The van der Waals surface area contributed by atoms with E-state index in [2.05, 4.69) is 18.3 Å². The lowest BCUT2D eigenvalue weighted by atomic mass is 10.1. The Morgan fingerprint density at radius 2 is 1.64 bits per heavy atom. The maximum atomic E-state index is 13.0. The Labute approximate surface area is 170 Å². The lowest BCUT2D eigenvalue weighted by Crippen LogP contribution is -2.04. The van der Waals surface area contributed by atoms with Crippen LogP contribution in [-0.4, -0.2) is 6.61 Å². The molecule has 3 aromatic rings. The van der Waals surface area contributed by atoms with Crippen LogP contribution in [0.1, 0.15) is 23.6 Å². The number of aryl methyl sites for hydroxylation is 1. The van der Waals surface area contributed by atoms with Crippen LogP contribution in [0.4, 0.5) is 10.1 Å². The number of hydrogen-bond acceptors (Lipinski definition) is 3. The zero-order chi connectivity index (χ0) is 19.9.